The molecular formula is C15H13N3O6. The maximum absolute atomic E-state index is 12.4. The van der Waals surface area contributed by atoms with Gasteiger partial charge in [-0.15, -0.1) is 0 Å². The Hall–Kier alpha value is -3.36. The van der Waals surface area contributed by atoms with E-state index in [9.17, 15) is 25.0 Å². The van der Waals surface area contributed by atoms with Crippen LogP contribution in [0.5, 0.6) is 11.6 Å². The monoisotopic (exact) mass is 331 g/mol. The Morgan fingerprint density at radius 3 is 2.21 bits per heavy atom. The van der Waals surface area contributed by atoms with Crippen molar-refractivity contribution in [2.75, 3.05) is 0 Å². The van der Waals surface area contributed by atoms with Gasteiger partial charge in [0, 0.05) is 5.56 Å². The van der Waals surface area contributed by atoms with Gasteiger partial charge in [0.25, 0.3) is 11.6 Å². The summed E-state index contributed by atoms with van der Waals surface area (Å²) in [6.45, 7) is 5.02. The predicted molar refractivity (Wildman–Crippen MR) is 84.5 cm³/mol. The van der Waals surface area contributed by atoms with Gasteiger partial charge in [0.05, 0.1) is 9.85 Å². The van der Waals surface area contributed by atoms with Crippen LogP contribution in [0.4, 0.5) is 11.4 Å². The molecule has 1 aromatic heterocycles. The van der Waals surface area contributed by atoms with Gasteiger partial charge < -0.3 is 4.74 Å². The van der Waals surface area contributed by atoms with Crippen LogP contribution in [-0.2, 0) is 0 Å². The van der Waals surface area contributed by atoms with Crippen LogP contribution in [0.1, 0.15) is 16.7 Å². The number of hydrogen-bond donors (Lipinski definition) is 0. The van der Waals surface area contributed by atoms with E-state index in [0.717, 1.165) is 17.8 Å². The lowest BCUT2D eigenvalue weighted by Crippen LogP contribution is -2.08. The Bertz CT molecular complexity index is 910. The lowest BCUT2D eigenvalue weighted by molar-refractivity contribution is -0.395. The SMILES string of the molecule is Cc1cc(C)c(Oc2ncc([N+](=O)[O-])cc2[N+](=O)[O-])c(=O)c(C)c1. The minimum absolute atomic E-state index is 0.106. The third kappa shape index (κ3) is 3.35. The van der Waals surface area contributed by atoms with Crippen LogP contribution in [0.15, 0.2) is 29.2 Å². The number of hydrogen-bond acceptors (Lipinski definition) is 7. The molecule has 0 unspecified atom stereocenters. The Morgan fingerprint density at radius 2 is 1.62 bits per heavy atom. The molecule has 9 nitrogen and oxygen atoms in total. The molecule has 0 saturated carbocycles. The number of aryl methyl sites for hydroxylation is 3. The van der Waals surface area contributed by atoms with Crippen molar-refractivity contribution in [3.63, 3.8) is 0 Å². The van der Waals surface area contributed by atoms with Crippen LogP contribution in [0, 0.1) is 41.0 Å². The minimum atomic E-state index is -0.851. The second-order valence-electron chi connectivity index (χ2n) is 5.19. The molecule has 0 atom stereocenters. The lowest BCUT2D eigenvalue weighted by atomic mass is 10.2. The first kappa shape index (κ1) is 17.0. The van der Waals surface area contributed by atoms with Crippen LogP contribution < -0.4 is 10.2 Å². The molecule has 0 radical (unpaired) electrons. The highest BCUT2D eigenvalue weighted by Gasteiger charge is 2.24. The van der Waals surface area contributed by atoms with Crippen LogP contribution in [0.3, 0.4) is 0 Å². The Kier molecular flexibility index (Phi) is 4.54. The average molecular weight is 331 g/mol. The van der Waals surface area contributed by atoms with Gasteiger partial charge in [-0.25, -0.2) is 4.98 Å². The summed E-state index contributed by atoms with van der Waals surface area (Å²) >= 11 is 0. The Balaban J connectivity index is 2.63. The van der Waals surface area contributed by atoms with Crippen molar-refractivity contribution < 1.29 is 14.6 Å². The summed E-state index contributed by atoms with van der Waals surface area (Å²) in [5.74, 6) is -0.584. The standard InChI is InChI=1S/C15H13N3O6/c1-8-4-9(2)13(19)14(10(3)5-8)24-15-12(18(22)23)6-11(7-16-15)17(20)21/h4-7H,1-3H3. The fourth-order valence-electron chi connectivity index (χ4n) is 2.18. The van der Waals surface area contributed by atoms with Crippen molar-refractivity contribution in [1.82, 2.24) is 4.98 Å². The fraction of sp³-hybridized carbons (Fsp3) is 0.200. The van der Waals surface area contributed by atoms with E-state index in [0.29, 0.717) is 11.1 Å². The molecular weight excluding hydrogens is 318 g/mol. The number of ether oxygens (including phenoxy) is 1. The van der Waals surface area contributed by atoms with E-state index >= 15 is 0 Å². The van der Waals surface area contributed by atoms with Crippen LogP contribution >= 0.6 is 0 Å². The quantitative estimate of drug-likeness (QED) is 0.622. The molecule has 0 N–H and O–H groups in total. The third-order valence-corrected chi connectivity index (χ3v) is 3.23. The molecule has 0 amide bonds. The van der Waals surface area contributed by atoms with Crippen molar-refractivity contribution in [2.45, 2.75) is 20.8 Å². The van der Waals surface area contributed by atoms with Crippen molar-refractivity contribution in [3.05, 3.63) is 71.5 Å². The number of pyridine rings is 1. The van der Waals surface area contributed by atoms with Gasteiger partial charge in [-0.1, -0.05) is 17.7 Å². The highest BCUT2D eigenvalue weighted by atomic mass is 16.6. The highest BCUT2D eigenvalue weighted by Crippen LogP contribution is 2.31. The summed E-state index contributed by atoms with van der Waals surface area (Å²) < 4.78 is 5.38. The summed E-state index contributed by atoms with van der Waals surface area (Å²) in [5, 5.41) is 21.9. The first-order chi connectivity index (χ1) is 11.2. The number of aromatic nitrogens is 1. The van der Waals surface area contributed by atoms with E-state index in [1.165, 1.54) is 0 Å². The molecule has 0 aliphatic carbocycles. The first-order valence-electron chi connectivity index (χ1n) is 6.79. The maximum atomic E-state index is 12.4. The second kappa shape index (κ2) is 6.41. The molecule has 0 fully saturated rings. The molecule has 1 heterocycles. The molecule has 0 bridgehead atoms. The minimum Gasteiger partial charge on any atom is -0.429 e. The fourth-order valence-corrected chi connectivity index (χ4v) is 2.18. The number of nitro groups is 2. The largest absolute Gasteiger partial charge is 0.429 e. The van der Waals surface area contributed by atoms with E-state index in [1.54, 1.807) is 32.9 Å². The number of rotatable bonds is 4. The van der Waals surface area contributed by atoms with Gasteiger partial charge in [-0.05, 0) is 26.3 Å². The molecule has 24 heavy (non-hydrogen) atoms. The summed E-state index contributed by atoms with van der Waals surface area (Å²) in [6.07, 6.45) is 0.836. The van der Waals surface area contributed by atoms with E-state index in [4.69, 9.17) is 4.74 Å². The van der Waals surface area contributed by atoms with Crippen LogP contribution in [0.25, 0.3) is 0 Å². The molecule has 0 aliphatic rings. The van der Waals surface area contributed by atoms with E-state index in [2.05, 4.69) is 4.98 Å². The molecule has 124 valence electrons. The van der Waals surface area contributed by atoms with E-state index in [-0.39, 0.29) is 5.75 Å². The number of nitrogens with zero attached hydrogens (tertiary/aromatic N) is 3. The maximum Gasteiger partial charge on any atom is 0.338 e. The molecule has 0 saturated heterocycles. The topological polar surface area (TPSA) is 125 Å². The van der Waals surface area contributed by atoms with Gasteiger partial charge in [-0.3, -0.25) is 25.0 Å². The molecule has 0 aliphatic heterocycles. The average Bonchev–Trinajstić information content (AvgIpc) is 2.58. The zero-order valence-corrected chi connectivity index (χ0v) is 13.1. The highest BCUT2D eigenvalue weighted by molar-refractivity contribution is 5.50. The Labute approximate surface area is 135 Å². The normalized spacial score (nSPS) is 10.3. The van der Waals surface area contributed by atoms with Gasteiger partial charge >= 0.3 is 5.69 Å². The van der Waals surface area contributed by atoms with Crippen molar-refractivity contribution in [3.8, 4) is 11.6 Å². The van der Waals surface area contributed by atoms with E-state index < -0.39 is 32.5 Å². The van der Waals surface area contributed by atoms with Crippen LogP contribution in [-0.4, -0.2) is 14.8 Å². The summed E-state index contributed by atoms with van der Waals surface area (Å²) in [7, 11) is 0. The smallest absolute Gasteiger partial charge is 0.338 e. The van der Waals surface area contributed by atoms with Gasteiger partial charge in [0.15, 0.2) is 5.75 Å². The van der Waals surface area contributed by atoms with Crippen molar-refractivity contribution in [2.24, 2.45) is 0 Å². The summed E-state index contributed by atoms with van der Waals surface area (Å²) in [6, 6.07) is 4.10. The summed E-state index contributed by atoms with van der Waals surface area (Å²) in [4.78, 5) is 36.2. The zero-order chi connectivity index (χ0) is 18.0. The lowest BCUT2D eigenvalue weighted by Gasteiger charge is -2.05. The van der Waals surface area contributed by atoms with Gasteiger partial charge in [-0.2, -0.15) is 0 Å². The molecule has 2 rings (SSSR count). The van der Waals surface area contributed by atoms with Gasteiger partial charge in [0.1, 0.15) is 12.3 Å². The van der Waals surface area contributed by atoms with Crippen molar-refractivity contribution in [1.29, 1.82) is 0 Å². The van der Waals surface area contributed by atoms with Gasteiger partial charge in [0.2, 0.25) is 5.43 Å². The third-order valence-electron chi connectivity index (χ3n) is 3.23. The van der Waals surface area contributed by atoms with Crippen molar-refractivity contribution >= 4 is 11.4 Å². The van der Waals surface area contributed by atoms with E-state index in [1.807, 2.05) is 0 Å². The summed E-state index contributed by atoms with van der Waals surface area (Å²) in [5.41, 5.74) is 0.0287. The van der Waals surface area contributed by atoms with Crippen LogP contribution in [0.2, 0.25) is 0 Å². The Morgan fingerprint density at radius 1 is 1.00 bits per heavy atom. The molecule has 9 heteroatoms. The second-order valence-corrected chi connectivity index (χ2v) is 5.19. The first-order valence-corrected chi connectivity index (χ1v) is 6.79. The molecule has 2 aromatic rings. The molecule has 1 aromatic carbocycles. The predicted octanol–water partition coefficient (Wildman–Crippen LogP) is 2.98. The zero-order valence-electron chi connectivity index (χ0n) is 13.1. The molecule has 0 spiro atoms.